The van der Waals surface area contributed by atoms with Crippen LogP contribution >= 0.6 is 15.9 Å². The summed E-state index contributed by atoms with van der Waals surface area (Å²) in [6.07, 6.45) is 1.98. The van der Waals surface area contributed by atoms with Crippen molar-refractivity contribution in [2.45, 2.75) is 19.8 Å². The van der Waals surface area contributed by atoms with Gasteiger partial charge in [-0.25, -0.2) is 0 Å². The van der Waals surface area contributed by atoms with Crippen LogP contribution in [0.5, 0.6) is 0 Å². The topological polar surface area (TPSA) is 32.3 Å². The van der Waals surface area contributed by atoms with Crippen molar-refractivity contribution >= 4 is 27.5 Å². The molecule has 98 valence electrons. The third-order valence-corrected chi connectivity index (χ3v) is 4.15. The second-order valence-corrected chi connectivity index (χ2v) is 6.02. The van der Waals surface area contributed by atoms with Gasteiger partial charge in [-0.3, -0.25) is 4.79 Å². The van der Waals surface area contributed by atoms with Crippen molar-refractivity contribution in [3.8, 4) is 0 Å². The lowest BCUT2D eigenvalue weighted by molar-refractivity contribution is -0.123. The number of aryl methyl sites for hydroxylation is 1. The van der Waals surface area contributed by atoms with Gasteiger partial charge < -0.3 is 10.2 Å². The minimum atomic E-state index is -0.168. The molecule has 1 saturated carbocycles. The lowest BCUT2D eigenvalue weighted by Crippen LogP contribution is -2.39. The van der Waals surface area contributed by atoms with E-state index < -0.39 is 0 Å². The second kappa shape index (κ2) is 5.02. The maximum atomic E-state index is 12.6. The number of carbonyl (C=O) groups is 1. The van der Waals surface area contributed by atoms with Gasteiger partial charge in [0.2, 0.25) is 5.91 Å². The molecule has 1 aromatic carbocycles. The van der Waals surface area contributed by atoms with Crippen LogP contribution in [0.15, 0.2) is 22.7 Å². The molecule has 0 aromatic heterocycles. The lowest BCUT2D eigenvalue weighted by atomic mass is 10.0. The number of rotatable bonds is 4. The van der Waals surface area contributed by atoms with Gasteiger partial charge in [-0.1, -0.05) is 22.0 Å². The number of amides is 1. The van der Waals surface area contributed by atoms with Crippen molar-refractivity contribution in [2.75, 3.05) is 25.5 Å². The number of hydrogen-bond acceptors (Lipinski definition) is 2. The van der Waals surface area contributed by atoms with Gasteiger partial charge in [-0.2, -0.15) is 0 Å². The molecule has 1 aliphatic rings. The molecule has 1 aromatic rings. The Labute approximate surface area is 117 Å². The average Bonchev–Trinajstić information content (AvgIpc) is 3.12. The van der Waals surface area contributed by atoms with Gasteiger partial charge in [0.05, 0.1) is 5.41 Å². The Hall–Kier alpha value is -0.870. The van der Waals surface area contributed by atoms with E-state index in [-0.39, 0.29) is 11.3 Å². The summed E-state index contributed by atoms with van der Waals surface area (Å²) in [5, 5.41) is 3.13. The van der Waals surface area contributed by atoms with Gasteiger partial charge in [-0.05, 0) is 44.5 Å². The van der Waals surface area contributed by atoms with Gasteiger partial charge in [-0.15, -0.1) is 0 Å². The Balaban J connectivity index is 2.23. The largest absolute Gasteiger partial charge is 0.319 e. The minimum Gasteiger partial charge on any atom is -0.319 e. The monoisotopic (exact) mass is 310 g/mol. The van der Waals surface area contributed by atoms with Gasteiger partial charge in [0.15, 0.2) is 0 Å². The average molecular weight is 311 g/mol. The molecule has 0 saturated heterocycles. The van der Waals surface area contributed by atoms with Crippen molar-refractivity contribution in [2.24, 2.45) is 5.41 Å². The molecular formula is C14H19BrN2O. The van der Waals surface area contributed by atoms with Gasteiger partial charge in [0.1, 0.15) is 0 Å². The molecule has 4 heteroatoms. The molecule has 0 atom stereocenters. The fourth-order valence-corrected chi connectivity index (χ4v) is 2.71. The van der Waals surface area contributed by atoms with E-state index in [9.17, 15) is 4.79 Å². The molecule has 3 nitrogen and oxygen atoms in total. The minimum absolute atomic E-state index is 0.168. The van der Waals surface area contributed by atoms with Crippen LogP contribution in [0, 0.1) is 12.3 Å². The smallest absolute Gasteiger partial charge is 0.234 e. The number of anilines is 1. The van der Waals surface area contributed by atoms with Gasteiger partial charge in [0.25, 0.3) is 0 Å². The molecule has 2 rings (SSSR count). The molecule has 0 spiro atoms. The van der Waals surface area contributed by atoms with Crippen LogP contribution in [0.2, 0.25) is 0 Å². The van der Waals surface area contributed by atoms with E-state index in [0.717, 1.165) is 35.1 Å². The second-order valence-electron chi connectivity index (χ2n) is 5.11. The highest BCUT2D eigenvalue weighted by Gasteiger charge is 2.50. The summed E-state index contributed by atoms with van der Waals surface area (Å²) in [7, 11) is 3.77. The lowest BCUT2D eigenvalue weighted by Gasteiger charge is -2.25. The number of nitrogens with one attached hydrogen (secondary N) is 1. The highest BCUT2D eigenvalue weighted by atomic mass is 79.9. The first-order chi connectivity index (χ1) is 8.50. The predicted octanol–water partition coefficient (Wildman–Crippen LogP) is 2.72. The summed E-state index contributed by atoms with van der Waals surface area (Å²) in [6, 6.07) is 6.03. The van der Waals surface area contributed by atoms with Crippen LogP contribution in [0.25, 0.3) is 0 Å². The molecule has 0 heterocycles. The molecule has 0 radical (unpaired) electrons. The first-order valence-corrected chi connectivity index (χ1v) is 6.98. The molecule has 1 amide bonds. The number of nitrogens with zero attached hydrogens (tertiary/aromatic N) is 1. The number of halogens is 1. The zero-order valence-electron chi connectivity index (χ0n) is 11.1. The first-order valence-electron chi connectivity index (χ1n) is 6.19. The maximum absolute atomic E-state index is 12.6. The molecule has 0 aliphatic heterocycles. The predicted molar refractivity (Wildman–Crippen MR) is 77.9 cm³/mol. The van der Waals surface area contributed by atoms with Gasteiger partial charge >= 0.3 is 0 Å². The zero-order valence-corrected chi connectivity index (χ0v) is 12.7. The third-order valence-electron chi connectivity index (χ3n) is 3.66. The van der Waals surface area contributed by atoms with E-state index in [2.05, 4.69) is 21.2 Å². The SMILES string of the molecule is CNCC1(C(=O)N(C)c2cc(Br)ccc2C)CC1. The van der Waals surface area contributed by atoms with Crippen molar-refractivity contribution in [3.63, 3.8) is 0 Å². The molecule has 1 N–H and O–H groups in total. The summed E-state index contributed by atoms with van der Waals surface area (Å²) >= 11 is 3.46. The van der Waals surface area contributed by atoms with E-state index in [1.807, 2.05) is 39.2 Å². The number of carbonyl (C=O) groups excluding carboxylic acids is 1. The quantitative estimate of drug-likeness (QED) is 0.927. The molecule has 1 fully saturated rings. The molecule has 1 aliphatic carbocycles. The van der Waals surface area contributed by atoms with Crippen LogP contribution in [-0.4, -0.2) is 26.5 Å². The Morgan fingerprint density at radius 2 is 2.17 bits per heavy atom. The normalized spacial score (nSPS) is 16.4. The summed E-state index contributed by atoms with van der Waals surface area (Å²) in [6.45, 7) is 2.80. The Morgan fingerprint density at radius 3 is 2.72 bits per heavy atom. The van der Waals surface area contributed by atoms with E-state index in [1.54, 1.807) is 4.90 Å². The molecule has 0 bridgehead atoms. The first kappa shape index (κ1) is 13.6. The van der Waals surface area contributed by atoms with Crippen molar-refractivity contribution < 1.29 is 4.79 Å². The molecule has 0 unspecified atom stereocenters. The number of benzene rings is 1. The number of hydrogen-bond donors (Lipinski definition) is 1. The maximum Gasteiger partial charge on any atom is 0.234 e. The Morgan fingerprint density at radius 1 is 1.50 bits per heavy atom. The van der Waals surface area contributed by atoms with E-state index in [0.29, 0.717) is 0 Å². The van der Waals surface area contributed by atoms with E-state index in [1.165, 1.54) is 0 Å². The van der Waals surface area contributed by atoms with Crippen LogP contribution in [-0.2, 0) is 4.79 Å². The van der Waals surface area contributed by atoms with E-state index >= 15 is 0 Å². The summed E-state index contributed by atoms with van der Waals surface area (Å²) in [4.78, 5) is 14.3. The van der Waals surface area contributed by atoms with Crippen LogP contribution in [0.4, 0.5) is 5.69 Å². The molecule has 18 heavy (non-hydrogen) atoms. The standard InChI is InChI=1S/C14H19BrN2O/c1-10-4-5-11(15)8-12(10)17(3)13(18)14(6-7-14)9-16-2/h4-5,8,16H,6-7,9H2,1-3H3. The van der Waals surface area contributed by atoms with E-state index in [4.69, 9.17) is 0 Å². The fourth-order valence-electron chi connectivity index (χ4n) is 2.36. The van der Waals surface area contributed by atoms with Crippen LogP contribution < -0.4 is 10.2 Å². The summed E-state index contributed by atoms with van der Waals surface area (Å²) < 4.78 is 1.00. The Kier molecular flexibility index (Phi) is 3.78. The van der Waals surface area contributed by atoms with Gasteiger partial charge in [0, 0.05) is 23.8 Å². The van der Waals surface area contributed by atoms with Crippen molar-refractivity contribution in [1.82, 2.24) is 5.32 Å². The zero-order chi connectivity index (χ0) is 13.3. The third kappa shape index (κ3) is 2.45. The highest BCUT2D eigenvalue weighted by Crippen LogP contribution is 2.47. The van der Waals surface area contributed by atoms with Crippen LogP contribution in [0.1, 0.15) is 18.4 Å². The highest BCUT2D eigenvalue weighted by molar-refractivity contribution is 9.10. The summed E-state index contributed by atoms with van der Waals surface area (Å²) in [5.41, 5.74) is 1.93. The molecular weight excluding hydrogens is 292 g/mol. The fraction of sp³-hybridized carbons (Fsp3) is 0.500. The summed E-state index contributed by atoms with van der Waals surface area (Å²) in [5.74, 6) is 0.220. The van der Waals surface area contributed by atoms with Crippen LogP contribution in [0.3, 0.4) is 0 Å². The van der Waals surface area contributed by atoms with Crippen molar-refractivity contribution in [1.29, 1.82) is 0 Å². The van der Waals surface area contributed by atoms with Crippen molar-refractivity contribution in [3.05, 3.63) is 28.2 Å². The Bertz CT molecular complexity index is 469.